The molecule has 2 aromatic rings. The van der Waals surface area contributed by atoms with Crippen LogP contribution in [0.4, 0.5) is 11.8 Å². The number of hydrazine groups is 1. The van der Waals surface area contributed by atoms with Crippen LogP contribution in [0.15, 0.2) is 11.4 Å². The first-order valence-electron chi connectivity index (χ1n) is 6.21. The highest BCUT2D eigenvalue weighted by Crippen LogP contribution is 2.28. The van der Waals surface area contributed by atoms with Gasteiger partial charge in [0.05, 0.1) is 11.3 Å². The number of carbonyl (C=O) groups excluding carboxylic acids is 1. The molecule has 0 saturated carbocycles. The second-order valence-electron chi connectivity index (χ2n) is 4.55. The van der Waals surface area contributed by atoms with E-state index >= 15 is 0 Å². The summed E-state index contributed by atoms with van der Waals surface area (Å²) in [7, 11) is 3.54. The molecule has 0 aliphatic carbocycles. The summed E-state index contributed by atoms with van der Waals surface area (Å²) >= 11 is 1.53. The van der Waals surface area contributed by atoms with Gasteiger partial charge in [-0.1, -0.05) is 6.92 Å². The highest BCUT2D eigenvalue weighted by Gasteiger charge is 2.17. The van der Waals surface area contributed by atoms with Crippen LogP contribution in [0.3, 0.4) is 0 Å². The first-order valence-corrected chi connectivity index (χ1v) is 7.09. The van der Waals surface area contributed by atoms with Crippen LogP contribution >= 0.6 is 11.3 Å². The van der Waals surface area contributed by atoms with Gasteiger partial charge in [-0.15, -0.1) is 11.3 Å². The van der Waals surface area contributed by atoms with E-state index in [1.165, 1.54) is 11.3 Å². The number of thiophene rings is 1. The first kappa shape index (κ1) is 14.5. The van der Waals surface area contributed by atoms with Gasteiger partial charge in [-0.2, -0.15) is 4.98 Å². The van der Waals surface area contributed by atoms with Crippen molar-refractivity contribution in [2.75, 3.05) is 31.0 Å². The Hall–Kier alpha value is -1.93. The number of hydrogen-bond acceptors (Lipinski definition) is 7. The van der Waals surface area contributed by atoms with Gasteiger partial charge in [0, 0.05) is 20.6 Å². The highest BCUT2D eigenvalue weighted by molar-refractivity contribution is 7.16. The Morgan fingerprint density at radius 3 is 2.95 bits per heavy atom. The van der Waals surface area contributed by atoms with Crippen LogP contribution in [-0.4, -0.2) is 36.5 Å². The number of nitrogen functional groups attached to an aromatic ring is 1. The van der Waals surface area contributed by atoms with Gasteiger partial charge in [-0.3, -0.25) is 10.2 Å². The van der Waals surface area contributed by atoms with E-state index in [9.17, 15) is 4.79 Å². The first-order chi connectivity index (χ1) is 9.56. The van der Waals surface area contributed by atoms with Gasteiger partial charge in [0.25, 0.3) is 0 Å². The third-order valence-electron chi connectivity index (χ3n) is 3.04. The second-order valence-corrected chi connectivity index (χ2v) is 5.44. The molecule has 1 amide bonds. The van der Waals surface area contributed by atoms with Crippen LogP contribution in [0.2, 0.25) is 0 Å². The molecule has 0 aliphatic heterocycles. The maximum Gasteiger partial charge on any atom is 0.240 e. The summed E-state index contributed by atoms with van der Waals surface area (Å²) in [5.74, 6) is 6.40. The van der Waals surface area contributed by atoms with Gasteiger partial charge in [-0.05, 0) is 11.4 Å². The lowest BCUT2D eigenvalue weighted by atomic mass is 10.1. The van der Waals surface area contributed by atoms with Crippen LogP contribution in [0.25, 0.3) is 10.2 Å². The molecular formula is C12H18N6OS. The quantitative estimate of drug-likeness (QED) is 0.557. The minimum atomic E-state index is -0.136. The average molecular weight is 294 g/mol. The molecule has 0 aromatic carbocycles. The molecular weight excluding hydrogens is 276 g/mol. The topological polar surface area (TPSA) is 96.2 Å². The van der Waals surface area contributed by atoms with Crippen molar-refractivity contribution in [2.24, 2.45) is 11.8 Å². The van der Waals surface area contributed by atoms with Crippen molar-refractivity contribution in [3.8, 4) is 0 Å². The lowest BCUT2D eigenvalue weighted by Gasteiger charge is -2.22. The van der Waals surface area contributed by atoms with Crippen molar-refractivity contribution >= 4 is 39.2 Å². The van der Waals surface area contributed by atoms with Crippen molar-refractivity contribution in [3.63, 3.8) is 0 Å². The molecule has 7 nitrogen and oxygen atoms in total. The molecule has 2 heterocycles. The molecule has 8 heteroatoms. The van der Waals surface area contributed by atoms with E-state index in [1.807, 2.05) is 30.3 Å². The number of nitrogens with two attached hydrogens (primary N) is 1. The number of carbonyl (C=O) groups is 1. The molecule has 108 valence electrons. The maximum atomic E-state index is 11.6. The highest BCUT2D eigenvalue weighted by atomic mass is 32.1. The number of hydrogen-bond donors (Lipinski definition) is 3. The molecule has 0 saturated heterocycles. The Labute approximate surface area is 121 Å². The summed E-state index contributed by atoms with van der Waals surface area (Å²) in [6, 6.07) is 1.97. The fraction of sp³-hybridized carbons (Fsp3) is 0.417. The molecule has 2 rings (SSSR count). The van der Waals surface area contributed by atoms with E-state index in [4.69, 9.17) is 5.84 Å². The predicted octanol–water partition coefficient (Wildman–Crippen LogP) is 0.795. The standard InChI is InChI=1S/C12H18N6OS/c1-7(10(19)14-2)6-18(3)9-8-4-5-20-11(8)16-12(15-9)17-13/h4-5,7H,6,13H2,1-3H3,(H,14,19)(H,15,16,17). The summed E-state index contributed by atoms with van der Waals surface area (Å²) in [5, 5.41) is 5.56. The monoisotopic (exact) mass is 294 g/mol. The fourth-order valence-corrected chi connectivity index (χ4v) is 2.78. The van der Waals surface area contributed by atoms with Gasteiger partial charge in [0.2, 0.25) is 11.9 Å². The van der Waals surface area contributed by atoms with Crippen LogP contribution in [-0.2, 0) is 4.79 Å². The molecule has 0 spiro atoms. The molecule has 1 atom stereocenters. The molecule has 0 fully saturated rings. The number of anilines is 2. The van der Waals surface area contributed by atoms with Gasteiger partial charge < -0.3 is 10.2 Å². The molecule has 1 unspecified atom stereocenters. The van der Waals surface area contributed by atoms with E-state index < -0.39 is 0 Å². The Bertz CT molecular complexity index is 613. The molecule has 0 aliphatic rings. The Morgan fingerprint density at radius 2 is 2.30 bits per heavy atom. The summed E-state index contributed by atoms with van der Waals surface area (Å²) in [6.07, 6.45) is 0. The number of rotatable bonds is 5. The van der Waals surface area contributed by atoms with E-state index in [0.29, 0.717) is 12.5 Å². The van der Waals surface area contributed by atoms with Gasteiger partial charge in [0.15, 0.2) is 0 Å². The van der Waals surface area contributed by atoms with Gasteiger partial charge in [0.1, 0.15) is 10.6 Å². The van der Waals surface area contributed by atoms with Crippen molar-refractivity contribution in [2.45, 2.75) is 6.92 Å². The van der Waals surface area contributed by atoms with Crippen molar-refractivity contribution in [3.05, 3.63) is 11.4 Å². The van der Waals surface area contributed by atoms with Crippen LogP contribution in [0, 0.1) is 5.92 Å². The molecule has 20 heavy (non-hydrogen) atoms. The Kier molecular flexibility index (Phi) is 4.35. The number of aromatic nitrogens is 2. The average Bonchev–Trinajstić information content (AvgIpc) is 2.92. The summed E-state index contributed by atoms with van der Waals surface area (Å²) in [5.41, 5.74) is 2.47. The van der Waals surface area contributed by atoms with Crippen LogP contribution < -0.4 is 21.5 Å². The number of nitrogens with one attached hydrogen (secondary N) is 2. The van der Waals surface area contributed by atoms with E-state index in [2.05, 4.69) is 20.7 Å². The third-order valence-corrected chi connectivity index (χ3v) is 3.84. The normalized spacial score (nSPS) is 12.2. The van der Waals surface area contributed by atoms with Crippen molar-refractivity contribution < 1.29 is 4.79 Å². The zero-order chi connectivity index (χ0) is 14.7. The second kappa shape index (κ2) is 6.02. The van der Waals surface area contributed by atoms with E-state index in [-0.39, 0.29) is 11.8 Å². The fourth-order valence-electron chi connectivity index (χ4n) is 2.02. The lowest BCUT2D eigenvalue weighted by Crippen LogP contribution is -2.34. The smallest absolute Gasteiger partial charge is 0.240 e. The Morgan fingerprint density at radius 1 is 1.55 bits per heavy atom. The van der Waals surface area contributed by atoms with Crippen LogP contribution in [0.5, 0.6) is 0 Å². The molecule has 2 aromatic heterocycles. The minimum Gasteiger partial charge on any atom is -0.359 e. The molecule has 0 radical (unpaired) electrons. The Balaban J connectivity index is 2.31. The van der Waals surface area contributed by atoms with E-state index in [1.54, 1.807) is 7.05 Å². The maximum absolute atomic E-state index is 11.6. The zero-order valence-electron chi connectivity index (χ0n) is 11.7. The van der Waals surface area contributed by atoms with Gasteiger partial charge in [-0.25, -0.2) is 10.8 Å². The summed E-state index contributed by atoms with van der Waals surface area (Å²) in [6.45, 7) is 2.44. The number of nitrogens with zero attached hydrogens (tertiary/aromatic N) is 3. The van der Waals surface area contributed by atoms with Gasteiger partial charge >= 0.3 is 0 Å². The largest absolute Gasteiger partial charge is 0.359 e. The van der Waals surface area contributed by atoms with Crippen molar-refractivity contribution in [1.82, 2.24) is 15.3 Å². The number of fused-ring (bicyclic) bond motifs is 1. The SMILES string of the molecule is CNC(=O)C(C)CN(C)c1nc(NN)nc2sccc12. The molecule has 4 N–H and O–H groups in total. The summed E-state index contributed by atoms with van der Waals surface area (Å²) < 4.78 is 0. The molecule has 0 bridgehead atoms. The van der Waals surface area contributed by atoms with E-state index in [0.717, 1.165) is 16.0 Å². The zero-order valence-corrected chi connectivity index (χ0v) is 12.5. The van der Waals surface area contributed by atoms with Crippen molar-refractivity contribution in [1.29, 1.82) is 0 Å². The minimum absolute atomic E-state index is 0.00430. The van der Waals surface area contributed by atoms with Crippen LogP contribution in [0.1, 0.15) is 6.92 Å². The lowest BCUT2D eigenvalue weighted by molar-refractivity contribution is -0.123. The summed E-state index contributed by atoms with van der Waals surface area (Å²) in [4.78, 5) is 23.1. The number of amides is 1. The third kappa shape index (κ3) is 2.81. The predicted molar refractivity (Wildman–Crippen MR) is 81.7 cm³/mol.